The van der Waals surface area contributed by atoms with Gasteiger partial charge in [-0.1, -0.05) is 11.6 Å². The normalized spacial score (nSPS) is 11.2. The lowest BCUT2D eigenvalue weighted by molar-refractivity contribution is -0.137. The highest BCUT2D eigenvalue weighted by Crippen LogP contribution is 2.36. The maximum atomic E-state index is 13.1. The van der Waals surface area contributed by atoms with E-state index in [9.17, 15) is 23.1 Å². The van der Waals surface area contributed by atoms with E-state index in [0.717, 1.165) is 12.1 Å². The van der Waals surface area contributed by atoms with Gasteiger partial charge in [-0.3, -0.25) is 0 Å². The second-order valence-corrected chi connectivity index (χ2v) is 9.02. The van der Waals surface area contributed by atoms with Crippen LogP contribution in [0.15, 0.2) is 48.7 Å². The summed E-state index contributed by atoms with van der Waals surface area (Å²) in [7, 11) is 0. The Morgan fingerprint density at radius 1 is 1.05 bits per heavy atom. The molecule has 5 N–H and O–H groups in total. The van der Waals surface area contributed by atoms with Crippen LogP contribution in [0.25, 0.3) is 0 Å². The molecule has 0 saturated heterocycles. The molecule has 16 heteroatoms. The van der Waals surface area contributed by atoms with Crippen molar-refractivity contribution in [3.05, 3.63) is 70.6 Å². The molecular weight excluding hydrogens is 571 g/mol. The Morgan fingerprint density at radius 2 is 1.80 bits per heavy atom. The number of thiocarbonyl (C=S) groups is 1. The molecule has 3 aromatic heterocycles. The van der Waals surface area contributed by atoms with Gasteiger partial charge >= 0.3 is 12.1 Å². The number of hydrogen-bond acceptors (Lipinski definition) is 8. The standard InChI is InChI=1S/C24H21ClF3N9O2S/c1-3-37-20(10-17(36-37)21(38)39)33-19-8-12(2)30-22(34-19)31-14-5-7-18(29-11-14)35-23(40)32-13-4-6-16(25)15(9-13)24(26,27)28/h4-11H,3H2,1-2H3,(H,38,39)(H2,29,32,35,40)(H2,30,31,33,34). The van der Waals surface area contributed by atoms with Crippen molar-refractivity contribution in [3.8, 4) is 0 Å². The third-order valence-corrected chi connectivity index (χ3v) is 5.73. The Kier molecular flexibility index (Phi) is 8.35. The zero-order valence-corrected chi connectivity index (χ0v) is 22.4. The Bertz CT molecular complexity index is 1560. The summed E-state index contributed by atoms with van der Waals surface area (Å²) in [6.07, 6.45) is -3.12. The van der Waals surface area contributed by atoms with Crippen molar-refractivity contribution in [2.45, 2.75) is 26.6 Å². The third kappa shape index (κ3) is 7.12. The quantitative estimate of drug-likeness (QED) is 0.153. The summed E-state index contributed by atoms with van der Waals surface area (Å²) in [5, 5.41) is 24.4. The second-order valence-electron chi connectivity index (χ2n) is 8.21. The van der Waals surface area contributed by atoms with E-state index in [0.29, 0.717) is 35.4 Å². The molecule has 1 aromatic carbocycles. The van der Waals surface area contributed by atoms with E-state index in [-0.39, 0.29) is 22.4 Å². The highest BCUT2D eigenvalue weighted by atomic mass is 35.5. The van der Waals surface area contributed by atoms with Crippen LogP contribution in [-0.4, -0.2) is 40.9 Å². The number of carboxylic acid groups (broad SMARTS) is 1. The van der Waals surface area contributed by atoms with Gasteiger partial charge in [0.2, 0.25) is 5.95 Å². The molecule has 4 rings (SSSR count). The van der Waals surface area contributed by atoms with E-state index < -0.39 is 22.7 Å². The number of alkyl halides is 3. The van der Waals surface area contributed by atoms with E-state index >= 15 is 0 Å². The van der Waals surface area contributed by atoms with Crippen LogP contribution in [0.5, 0.6) is 0 Å². The van der Waals surface area contributed by atoms with E-state index in [1.54, 1.807) is 25.1 Å². The number of aryl methyl sites for hydroxylation is 2. The maximum Gasteiger partial charge on any atom is 0.417 e. The highest BCUT2D eigenvalue weighted by Gasteiger charge is 2.33. The number of hydrogen-bond donors (Lipinski definition) is 5. The van der Waals surface area contributed by atoms with Crippen LogP contribution < -0.4 is 21.3 Å². The molecule has 208 valence electrons. The van der Waals surface area contributed by atoms with Crippen LogP contribution in [0.2, 0.25) is 5.02 Å². The predicted molar refractivity (Wildman–Crippen MR) is 149 cm³/mol. The number of nitrogens with one attached hydrogen (secondary N) is 4. The van der Waals surface area contributed by atoms with Crippen molar-refractivity contribution in [3.63, 3.8) is 0 Å². The molecule has 11 nitrogen and oxygen atoms in total. The molecule has 0 amide bonds. The number of nitrogens with zero attached hydrogens (tertiary/aromatic N) is 5. The predicted octanol–water partition coefficient (Wildman–Crippen LogP) is 6.06. The molecule has 3 heterocycles. The zero-order valence-electron chi connectivity index (χ0n) is 20.8. The van der Waals surface area contributed by atoms with Crippen molar-refractivity contribution in [2.24, 2.45) is 0 Å². The lowest BCUT2D eigenvalue weighted by Crippen LogP contribution is -2.20. The molecule has 0 radical (unpaired) electrons. The minimum absolute atomic E-state index is 0.0266. The monoisotopic (exact) mass is 591 g/mol. The number of rotatable bonds is 8. The topological polar surface area (TPSA) is 142 Å². The van der Waals surface area contributed by atoms with Crippen LogP contribution in [-0.2, 0) is 12.7 Å². The summed E-state index contributed by atoms with van der Waals surface area (Å²) >= 11 is 10.8. The summed E-state index contributed by atoms with van der Waals surface area (Å²) in [6.45, 7) is 4.05. The molecule has 4 aromatic rings. The summed E-state index contributed by atoms with van der Waals surface area (Å²) < 4.78 is 40.8. The molecule has 0 fully saturated rings. The van der Waals surface area contributed by atoms with Crippen LogP contribution in [0.4, 0.5) is 47.9 Å². The summed E-state index contributed by atoms with van der Waals surface area (Å²) in [5.74, 6) is 0.326. The largest absolute Gasteiger partial charge is 0.476 e. The molecule has 0 unspecified atom stereocenters. The number of aromatic carboxylic acids is 1. The first kappa shape index (κ1) is 28.5. The van der Waals surface area contributed by atoms with Crippen molar-refractivity contribution in [1.82, 2.24) is 24.7 Å². The van der Waals surface area contributed by atoms with Crippen LogP contribution in [0.3, 0.4) is 0 Å². The molecule has 0 spiro atoms. The van der Waals surface area contributed by atoms with Gasteiger partial charge in [0.25, 0.3) is 0 Å². The number of carbonyl (C=O) groups is 1. The van der Waals surface area contributed by atoms with Gasteiger partial charge in [-0.05, 0) is 56.4 Å². The minimum atomic E-state index is -4.60. The number of anilines is 6. The Labute approximate surface area is 235 Å². The van der Waals surface area contributed by atoms with Crippen LogP contribution in [0.1, 0.15) is 28.7 Å². The Morgan fingerprint density at radius 3 is 2.45 bits per heavy atom. The smallest absolute Gasteiger partial charge is 0.417 e. The lowest BCUT2D eigenvalue weighted by atomic mass is 10.2. The molecule has 0 aliphatic heterocycles. The first-order valence-electron chi connectivity index (χ1n) is 11.5. The molecule has 0 saturated carbocycles. The molecular formula is C24H21ClF3N9O2S. The fraction of sp³-hybridized carbons (Fsp3) is 0.167. The highest BCUT2D eigenvalue weighted by molar-refractivity contribution is 7.80. The van der Waals surface area contributed by atoms with E-state index in [4.69, 9.17) is 23.8 Å². The first-order valence-corrected chi connectivity index (χ1v) is 12.3. The van der Waals surface area contributed by atoms with Crippen LogP contribution >= 0.6 is 23.8 Å². The van der Waals surface area contributed by atoms with Crippen molar-refractivity contribution >= 4 is 69.7 Å². The summed E-state index contributed by atoms with van der Waals surface area (Å²) in [5.41, 5.74) is 0.213. The number of benzene rings is 1. The number of carboxylic acids is 1. The van der Waals surface area contributed by atoms with Crippen molar-refractivity contribution in [2.75, 3.05) is 21.3 Å². The summed E-state index contributed by atoms with van der Waals surface area (Å²) in [6, 6.07) is 9.74. The van der Waals surface area contributed by atoms with E-state index in [2.05, 4.69) is 41.3 Å². The fourth-order valence-electron chi connectivity index (χ4n) is 3.45. The molecule has 0 aliphatic rings. The average molecular weight is 592 g/mol. The second kappa shape index (κ2) is 11.7. The number of pyridine rings is 1. The van der Waals surface area contributed by atoms with Crippen LogP contribution in [0, 0.1) is 6.92 Å². The van der Waals surface area contributed by atoms with Gasteiger partial charge in [-0.25, -0.2) is 19.4 Å². The van der Waals surface area contributed by atoms with Gasteiger partial charge in [0, 0.05) is 30.1 Å². The van der Waals surface area contributed by atoms with Crippen molar-refractivity contribution < 1.29 is 23.1 Å². The van der Waals surface area contributed by atoms with Gasteiger partial charge in [-0.2, -0.15) is 23.3 Å². The zero-order chi connectivity index (χ0) is 29.0. The average Bonchev–Trinajstić information content (AvgIpc) is 3.28. The number of halogens is 4. The Balaban J connectivity index is 1.41. The van der Waals surface area contributed by atoms with Gasteiger partial charge in [-0.15, -0.1) is 0 Å². The number of aromatic nitrogens is 5. The molecule has 0 bridgehead atoms. The SMILES string of the molecule is CCn1nc(C(=O)O)cc1Nc1cc(C)nc(Nc2ccc(NC(=S)Nc3ccc(Cl)c(C(F)(F)F)c3)nc2)n1. The van der Waals surface area contributed by atoms with E-state index in [1.807, 2.05) is 6.92 Å². The maximum absolute atomic E-state index is 13.1. The van der Waals surface area contributed by atoms with Gasteiger partial charge in [0.15, 0.2) is 10.8 Å². The third-order valence-electron chi connectivity index (χ3n) is 5.20. The summed E-state index contributed by atoms with van der Waals surface area (Å²) in [4.78, 5) is 24.3. The molecule has 40 heavy (non-hydrogen) atoms. The molecule has 0 atom stereocenters. The van der Waals surface area contributed by atoms with Gasteiger partial charge in [0.1, 0.15) is 17.5 Å². The van der Waals surface area contributed by atoms with Gasteiger partial charge in [0.05, 0.1) is 22.5 Å². The fourth-order valence-corrected chi connectivity index (χ4v) is 3.90. The van der Waals surface area contributed by atoms with Gasteiger partial charge < -0.3 is 26.4 Å². The Hall–Kier alpha value is -4.50. The first-order chi connectivity index (χ1) is 18.9. The lowest BCUT2D eigenvalue weighted by Gasteiger charge is -2.14. The van der Waals surface area contributed by atoms with Crippen molar-refractivity contribution in [1.29, 1.82) is 0 Å². The minimum Gasteiger partial charge on any atom is -0.476 e. The van der Waals surface area contributed by atoms with E-state index in [1.165, 1.54) is 23.0 Å². The molecule has 0 aliphatic carbocycles.